The van der Waals surface area contributed by atoms with Gasteiger partial charge in [-0.3, -0.25) is 9.48 Å². The zero-order chi connectivity index (χ0) is 21.7. The Bertz CT molecular complexity index is 998. The van der Waals surface area contributed by atoms with Crippen LogP contribution in [0.25, 0.3) is 0 Å². The molecule has 1 heterocycles. The van der Waals surface area contributed by atoms with E-state index < -0.39 is 29.4 Å². The summed E-state index contributed by atoms with van der Waals surface area (Å²) in [7, 11) is 0. The van der Waals surface area contributed by atoms with Gasteiger partial charge in [-0.25, -0.2) is 0 Å². The fraction of sp³-hybridized carbons (Fsp3) is 0.273. The van der Waals surface area contributed by atoms with Crippen molar-refractivity contribution in [3.63, 3.8) is 0 Å². The van der Waals surface area contributed by atoms with Gasteiger partial charge in [-0.2, -0.15) is 18.3 Å². The van der Waals surface area contributed by atoms with E-state index in [4.69, 9.17) is 4.74 Å². The van der Waals surface area contributed by atoms with E-state index in [9.17, 15) is 18.0 Å². The molecule has 0 saturated carbocycles. The minimum atomic E-state index is -4.69. The van der Waals surface area contributed by atoms with Crippen molar-refractivity contribution in [3.05, 3.63) is 83.2 Å². The number of ether oxygens (including phenoxy) is 1. The lowest BCUT2D eigenvalue weighted by Gasteiger charge is -2.15. The zero-order valence-corrected chi connectivity index (χ0v) is 16.6. The van der Waals surface area contributed by atoms with E-state index in [2.05, 4.69) is 10.4 Å². The summed E-state index contributed by atoms with van der Waals surface area (Å²) >= 11 is 0. The maximum atomic E-state index is 13.5. The molecule has 8 heteroatoms. The SMILES string of the molecule is CC(C)n1ncc(C(=O)NCc2ccccc2OCc2ccccc2)c1C(F)(F)F. The Morgan fingerprint density at radius 2 is 1.77 bits per heavy atom. The van der Waals surface area contributed by atoms with Gasteiger partial charge >= 0.3 is 6.18 Å². The van der Waals surface area contributed by atoms with Crippen LogP contribution < -0.4 is 10.1 Å². The van der Waals surface area contributed by atoms with Crippen molar-refractivity contribution in [1.82, 2.24) is 15.1 Å². The number of rotatable bonds is 7. The van der Waals surface area contributed by atoms with Gasteiger partial charge in [-0.15, -0.1) is 0 Å². The zero-order valence-electron chi connectivity index (χ0n) is 16.6. The van der Waals surface area contributed by atoms with Crippen LogP contribution in [0.15, 0.2) is 60.8 Å². The molecule has 1 amide bonds. The first-order valence-corrected chi connectivity index (χ1v) is 9.45. The molecule has 0 aliphatic rings. The number of carbonyl (C=O) groups is 1. The topological polar surface area (TPSA) is 56.2 Å². The Morgan fingerprint density at radius 3 is 2.43 bits per heavy atom. The van der Waals surface area contributed by atoms with Gasteiger partial charge in [0.1, 0.15) is 12.4 Å². The monoisotopic (exact) mass is 417 g/mol. The Labute approximate surface area is 172 Å². The van der Waals surface area contributed by atoms with Gasteiger partial charge in [0.05, 0.1) is 11.8 Å². The van der Waals surface area contributed by atoms with Crippen LogP contribution in [0.2, 0.25) is 0 Å². The van der Waals surface area contributed by atoms with Gasteiger partial charge in [-0.05, 0) is 25.5 Å². The molecule has 3 aromatic rings. The number of halogens is 3. The molecule has 5 nitrogen and oxygen atoms in total. The van der Waals surface area contributed by atoms with Crippen LogP contribution >= 0.6 is 0 Å². The van der Waals surface area contributed by atoms with Crippen LogP contribution in [0, 0.1) is 0 Å². The van der Waals surface area contributed by atoms with E-state index in [1.165, 1.54) is 0 Å². The second kappa shape index (κ2) is 9.02. The predicted octanol–water partition coefficient (Wildman–Crippen LogP) is 4.99. The Hall–Kier alpha value is -3.29. The maximum absolute atomic E-state index is 13.5. The number of nitrogens with zero attached hydrogens (tertiary/aromatic N) is 2. The summed E-state index contributed by atoms with van der Waals surface area (Å²) in [5.74, 6) is -0.289. The van der Waals surface area contributed by atoms with Crippen LogP contribution in [-0.2, 0) is 19.3 Å². The lowest BCUT2D eigenvalue weighted by Crippen LogP contribution is -2.27. The van der Waals surface area contributed by atoms with Crippen LogP contribution in [0.5, 0.6) is 5.75 Å². The van der Waals surface area contributed by atoms with Crippen molar-refractivity contribution in [2.75, 3.05) is 0 Å². The van der Waals surface area contributed by atoms with Crippen LogP contribution in [0.3, 0.4) is 0 Å². The molecule has 0 aliphatic carbocycles. The first-order valence-electron chi connectivity index (χ1n) is 9.45. The molecule has 0 spiro atoms. The third-order valence-corrected chi connectivity index (χ3v) is 4.45. The van der Waals surface area contributed by atoms with Gasteiger partial charge in [0.2, 0.25) is 0 Å². The lowest BCUT2D eigenvalue weighted by atomic mass is 10.1. The Kier molecular flexibility index (Phi) is 6.44. The third kappa shape index (κ3) is 5.00. The number of hydrogen-bond acceptors (Lipinski definition) is 3. The van der Waals surface area contributed by atoms with Gasteiger partial charge < -0.3 is 10.1 Å². The van der Waals surface area contributed by atoms with Crippen molar-refractivity contribution in [1.29, 1.82) is 0 Å². The third-order valence-electron chi connectivity index (χ3n) is 4.45. The predicted molar refractivity (Wildman–Crippen MR) is 106 cm³/mol. The smallest absolute Gasteiger partial charge is 0.433 e. The van der Waals surface area contributed by atoms with E-state index in [0.717, 1.165) is 16.4 Å². The summed E-state index contributed by atoms with van der Waals surface area (Å²) in [5.41, 5.74) is 0.0846. The minimum absolute atomic E-state index is 0.0218. The molecule has 2 aromatic carbocycles. The average Bonchev–Trinajstić information content (AvgIpc) is 3.18. The quantitative estimate of drug-likeness (QED) is 0.589. The fourth-order valence-electron chi connectivity index (χ4n) is 3.00. The van der Waals surface area contributed by atoms with Crippen LogP contribution in [-0.4, -0.2) is 15.7 Å². The van der Waals surface area contributed by atoms with E-state index in [1.807, 2.05) is 30.3 Å². The van der Waals surface area contributed by atoms with E-state index in [1.54, 1.807) is 38.1 Å². The summed E-state index contributed by atoms with van der Waals surface area (Å²) in [5, 5.41) is 6.30. The molecule has 1 aromatic heterocycles. The number of alkyl halides is 3. The highest BCUT2D eigenvalue weighted by atomic mass is 19.4. The molecule has 30 heavy (non-hydrogen) atoms. The summed E-state index contributed by atoms with van der Waals surface area (Å²) in [6.07, 6.45) is -3.74. The summed E-state index contributed by atoms with van der Waals surface area (Å²) < 4.78 is 47.1. The molecule has 0 atom stereocenters. The van der Waals surface area contributed by atoms with Crippen LogP contribution in [0.4, 0.5) is 13.2 Å². The number of benzene rings is 2. The highest BCUT2D eigenvalue weighted by Crippen LogP contribution is 2.33. The molecular weight excluding hydrogens is 395 g/mol. The van der Waals surface area contributed by atoms with Gasteiger partial charge in [-0.1, -0.05) is 48.5 Å². The van der Waals surface area contributed by atoms with E-state index in [0.29, 0.717) is 17.9 Å². The van der Waals surface area contributed by atoms with Gasteiger partial charge in [0.15, 0.2) is 5.69 Å². The standard InChI is InChI=1S/C22H22F3N3O2/c1-15(2)28-20(22(23,24)25)18(13-27-28)21(29)26-12-17-10-6-7-11-19(17)30-14-16-8-4-3-5-9-16/h3-11,13,15H,12,14H2,1-2H3,(H,26,29). The highest BCUT2D eigenvalue weighted by molar-refractivity contribution is 5.95. The van der Waals surface area contributed by atoms with Crippen molar-refractivity contribution in [3.8, 4) is 5.75 Å². The molecule has 0 radical (unpaired) electrons. The first-order chi connectivity index (χ1) is 14.3. The van der Waals surface area contributed by atoms with Crippen LogP contribution in [0.1, 0.15) is 47.1 Å². The minimum Gasteiger partial charge on any atom is -0.489 e. The Morgan fingerprint density at radius 1 is 1.10 bits per heavy atom. The molecule has 158 valence electrons. The molecule has 0 fully saturated rings. The largest absolute Gasteiger partial charge is 0.489 e. The number of carbonyl (C=O) groups excluding carboxylic acids is 1. The molecule has 3 rings (SSSR count). The second-order valence-electron chi connectivity index (χ2n) is 7.01. The number of aromatic nitrogens is 2. The molecule has 0 saturated heterocycles. The lowest BCUT2D eigenvalue weighted by molar-refractivity contribution is -0.145. The fourth-order valence-corrected chi connectivity index (χ4v) is 3.00. The molecule has 0 bridgehead atoms. The van der Waals surface area contributed by atoms with Gasteiger partial charge in [0, 0.05) is 18.2 Å². The number of hydrogen-bond donors (Lipinski definition) is 1. The van der Waals surface area contributed by atoms with Crippen molar-refractivity contribution in [2.24, 2.45) is 0 Å². The number of amides is 1. The maximum Gasteiger partial charge on any atom is 0.433 e. The summed E-state index contributed by atoms with van der Waals surface area (Å²) in [6, 6.07) is 16.1. The summed E-state index contributed by atoms with van der Waals surface area (Å²) in [4.78, 5) is 12.5. The molecular formula is C22H22F3N3O2. The molecule has 0 unspecified atom stereocenters. The normalized spacial score (nSPS) is 11.5. The first kappa shape index (κ1) is 21.4. The highest BCUT2D eigenvalue weighted by Gasteiger charge is 2.40. The van der Waals surface area contributed by atoms with Crippen molar-refractivity contribution < 1.29 is 22.7 Å². The second-order valence-corrected chi connectivity index (χ2v) is 7.01. The van der Waals surface area contributed by atoms with E-state index >= 15 is 0 Å². The molecule has 1 N–H and O–H groups in total. The van der Waals surface area contributed by atoms with Crippen molar-refractivity contribution in [2.45, 2.75) is 39.2 Å². The summed E-state index contributed by atoms with van der Waals surface area (Å²) in [6.45, 7) is 3.51. The van der Waals surface area contributed by atoms with Gasteiger partial charge in [0.25, 0.3) is 5.91 Å². The molecule has 0 aliphatic heterocycles. The number of para-hydroxylation sites is 1. The van der Waals surface area contributed by atoms with E-state index in [-0.39, 0.29) is 6.54 Å². The Balaban J connectivity index is 1.73. The van der Waals surface area contributed by atoms with Crippen molar-refractivity contribution >= 4 is 5.91 Å². The average molecular weight is 417 g/mol. The number of nitrogens with one attached hydrogen (secondary N) is 1.